The fourth-order valence-electron chi connectivity index (χ4n) is 3.40. The molecule has 1 heterocycles. The summed E-state index contributed by atoms with van der Waals surface area (Å²) in [5, 5.41) is 11.9. The standard InChI is InChI=1S/C22H25N3O4/c26-19(23-21(22(28)29)17-7-3-1-4-8-17)11-12-20(27)25-15-13-24(14-16-25)18-9-5-2-6-10-18/h1-10,21H,11-16H2,(H,23,26)(H,28,29)/t21-/m1/s1. The SMILES string of the molecule is O=C(CCC(=O)N1CCN(c2ccccc2)CC1)N[C@@H](C(=O)O)c1ccccc1. The normalized spacial score (nSPS) is 14.9. The molecule has 2 aromatic carbocycles. The van der Waals surface area contributed by atoms with E-state index in [1.54, 1.807) is 35.2 Å². The molecule has 0 radical (unpaired) electrons. The first kappa shape index (κ1) is 20.4. The average Bonchev–Trinajstić information content (AvgIpc) is 2.77. The van der Waals surface area contributed by atoms with Gasteiger partial charge in [-0.2, -0.15) is 0 Å². The van der Waals surface area contributed by atoms with Crippen molar-refractivity contribution in [3.63, 3.8) is 0 Å². The fourth-order valence-corrected chi connectivity index (χ4v) is 3.40. The van der Waals surface area contributed by atoms with Gasteiger partial charge in [0.1, 0.15) is 0 Å². The number of carbonyl (C=O) groups is 3. The number of carboxylic acid groups (broad SMARTS) is 1. The lowest BCUT2D eigenvalue weighted by Crippen LogP contribution is -2.49. The first-order valence-electron chi connectivity index (χ1n) is 9.69. The second-order valence-corrected chi connectivity index (χ2v) is 6.95. The fraction of sp³-hybridized carbons (Fsp3) is 0.318. The largest absolute Gasteiger partial charge is 0.479 e. The molecular weight excluding hydrogens is 370 g/mol. The first-order chi connectivity index (χ1) is 14.0. The highest BCUT2D eigenvalue weighted by molar-refractivity contribution is 5.87. The molecule has 0 saturated carbocycles. The maximum atomic E-state index is 12.4. The van der Waals surface area contributed by atoms with Crippen LogP contribution >= 0.6 is 0 Å². The minimum Gasteiger partial charge on any atom is -0.479 e. The molecule has 7 heteroatoms. The van der Waals surface area contributed by atoms with Crippen LogP contribution in [0.4, 0.5) is 5.69 Å². The van der Waals surface area contributed by atoms with Crippen molar-refractivity contribution in [2.45, 2.75) is 18.9 Å². The summed E-state index contributed by atoms with van der Waals surface area (Å²) in [6, 6.07) is 17.4. The van der Waals surface area contributed by atoms with Gasteiger partial charge >= 0.3 is 5.97 Å². The highest BCUT2D eigenvalue weighted by atomic mass is 16.4. The van der Waals surface area contributed by atoms with Crippen molar-refractivity contribution in [1.82, 2.24) is 10.2 Å². The minimum absolute atomic E-state index is 0.0334. The number of carboxylic acids is 1. The topological polar surface area (TPSA) is 90.0 Å². The Bertz CT molecular complexity index is 834. The molecule has 1 aliphatic heterocycles. The van der Waals surface area contributed by atoms with E-state index in [4.69, 9.17) is 0 Å². The van der Waals surface area contributed by atoms with E-state index in [-0.39, 0.29) is 18.7 Å². The number of aliphatic carboxylic acids is 1. The summed E-state index contributed by atoms with van der Waals surface area (Å²) in [6.45, 7) is 2.71. The van der Waals surface area contributed by atoms with E-state index in [0.717, 1.165) is 18.8 Å². The van der Waals surface area contributed by atoms with Crippen LogP contribution in [0.3, 0.4) is 0 Å². The third-order valence-electron chi connectivity index (χ3n) is 5.00. The van der Waals surface area contributed by atoms with Crippen molar-refractivity contribution >= 4 is 23.5 Å². The van der Waals surface area contributed by atoms with Crippen LogP contribution in [0.15, 0.2) is 60.7 Å². The third-order valence-corrected chi connectivity index (χ3v) is 5.00. The lowest BCUT2D eigenvalue weighted by molar-refractivity contribution is -0.142. The second kappa shape index (κ2) is 9.73. The lowest BCUT2D eigenvalue weighted by atomic mass is 10.1. The van der Waals surface area contributed by atoms with Gasteiger partial charge in [0.2, 0.25) is 11.8 Å². The van der Waals surface area contributed by atoms with Gasteiger partial charge in [-0.25, -0.2) is 4.79 Å². The summed E-state index contributed by atoms with van der Waals surface area (Å²) in [6.07, 6.45) is 0.0344. The number of nitrogens with one attached hydrogen (secondary N) is 1. The van der Waals surface area contributed by atoms with Crippen LogP contribution in [0.25, 0.3) is 0 Å². The molecule has 1 saturated heterocycles. The van der Waals surface area contributed by atoms with E-state index in [9.17, 15) is 19.5 Å². The van der Waals surface area contributed by atoms with E-state index in [0.29, 0.717) is 18.7 Å². The Hall–Kier alpha value is -3.35. The molecule has 0 aliphatic carbocycles. The summed E-state index contributed by atoms with van der Waals surface area (Å²) >= 11 is 0. The van der Waals surface area contributed by atoms with Crippen LogP contribution in [0.1, 0.15) is 24.4 Å². The Morgan fingerprint density at radius 2 is 1.45 bits per heavy atom. The molecule has 1 fully saturated rings. The molecule has 29 heavy (non-hydrogen) atoms. The van der Waals surface area contributed by atoms with Crippen LogP contribution in [0, 0.1) is 0 Å². The molecule has 2 aromatic rings. The molecule has 2 amide bonds. The van der Waals surface area contributed by atoms with Gasteiger partial charge < -0.3 is 20.2 Å². The van der Waals surface area contributed by atoms with Crippen molar-refractivity contribution in [2.24, 2.45) is 0 Å². The number of carbonyl (C=O) groups excluding carboxylic acids is 2. The predicted octanol–water partition coefficient (Wildman–Crippen LogP) is 2.06. The lowest BCUT2D eigenvalue weighted by Gasteiger charge is -2.36. The van der Waals surface area contributed by atoms with E-state index in [1.807, 2.05) is 30.3 Å². The quantitative estimate of drug-likeness (QED) is 0.749. The number of anilines is 1. The predicted molar refractivity (Wildman–Crippen MR) is 109 cm³/mol. The molecule has 152 valence electrons. The zero-order valence-electron chi connectivity index (χ0n) is 16.2. The highest BCUT2D eigenvalue weighted by Gasteiger charge is 2.24. The van der Waals surface area contributed by atoms with E-state index < -0.39 is 17.9 Å². The monoisotopic (exact) mass is 395 g/mol. The molecule has 0 bridgehead atoms. The first-order valence-corrected chi connectivity index (χ1v) is 9.69. The molecule has 0 aromatic heterocycles. The number of para-hydroxylation sites is 1. The summed E-state index contributed by atoms with van der Waals surface area (Å²) in [5.74, 6) is -1.66. The number of nitrogens with zero attached hydrogens (tertiary/aromatic N) is 2. The number of hydrogen-bond acceptors (Lipinski definition) is 4. The molecule has 0 unspecified atom stereocenters. The minimum atomic E-state index is -1.13. The van der Waals surface area contributed by atoms with Gasteiger partial charge in [0.15, 0.2) is 6.04 Å². The number of benzene rings is 2. The van der Waals surface area contributed by atoms with Crippen LogP contribution in [-0.2, 0) is 14.4 Å². The Labute approximate surface area is 169 Å². The van der Waals surface area contributed by atoms with E-state index in [1.165, 1.54) is 0 Å². The third kappa shape index (κ3) is 5.57. The van der Waals surface area contributed by atoms with E-state index >= 15 is 0 Å². The number of piperazine rings is 1. The Kier molecular flexibility index (Phi) is 6.84. The van der Waals surface area contributed by atoms with Crippen molar-refractivity contribution < 1.29 is 19.5 Å². The van der Waals surface area contributed by atoms with Gasteiger partial charge in [-0.1, -0.05) is 48.5 Å². The van der Waals surface area contributed by atoms with Gasteiger partial charge in [-0.3, -0.25) is 9.59 Å². The molecule has 0 spiro atoms. The summed E-state index contributed by atoms with van der Waals surface area (Å²) in [7, 11) is 0. The van der Waals surface area contributed by atoms with Crippen molar-refractivity contribution in [2.75, 3.05) is 31.1 Å². The van der Waals surface area contributed by atoms with Gasteiger partial charge in [-0.15, -0.1) is 0 Å². The Balaban J connectivity index is 1.45. The van der Waals surface area contributed by atoms with Crippen LogP contribution < -0.4 is 10.2 Å². The molecular formula is C22H25N3O4. The Morgan fingerprint density at radius 3 is 2.03 bits per heavy atom. The van der Waals surface area contributed by atoms with Crippen molar-refractivity contribution in [3.05, 3.63) is 66.2 Å². The van der Waals surface area contributed by atoms with Gasteiger partial charge in [-0.05, 0) is 17.7 Å². The molecule has 2 N–H and O–H groups in total. The average molecular weight is 395 g/mol. The van der Waals surface area contributed by atoms with Gasteiger partial charge in [0.25, 0.3) is 0 Å². The smallest absolute Gasteiger partial charge is 0.330 e. The highest BCUT2D eigenvalue weighted by Crippen LogP contribution is 2.16. The van der Waals surface area contributed by atoms with Gasteiger partial charge in [0.05, 0.1) is 0 Å². The number of hydrogen-bond donors (Lipinski definition) is 2. The van der Waals surface area contributed by atoms with Gasteiger partial charge in [0, 0.05) is 44.7 Å². The molecule has 1 atom stereocenters. The van der Waals surface area contributed by atoms with Crippen LogP contribution in [0.2, 0.25) is 0 Å². The van der Waals surface area contributed by atoms with Crippen LogP contribution in [-0.4, -0.2) is 54.0 Å². The number of rotatable bonds is 7. The van der Waals surface area contributed by atoms with Crippen molar-refractivity contribution in [3.8, 4) is 0 Å². The maximum Gasteiger partial charge on any atom is 0.330 e. The summed E-state index contributed by atoms with van der Waals surface area (Å²) in [5.41, 5.74) is 1.64. The van der Waals surface area contributed by atoms with E-state index in [2.05, 4.69) is 10.2 Å². The second-order valence-electron chi connectivity index (χ2n) is 6.95. The Morgan fingerprint density at radius 1 is 0.862 bits per heavy atom. The molecule has 1 aliphatic rings. The summed E-state index contributed by atoms with van der Waals surface area (Å²) in [4.78, 5) is 40.1. The zero-order chi connectivity index (χ0) is 20.6. The van der Waals surface area contributed by atoms with Crippen molar-refractivity contribution in [1.29, 1.82) is 0 Å². The maximum absolute atomic E-state index is 12.4. The zero-order valence-corrected chi connectivity index (χ0v) is 16.2. The van der Waals surface area contributed by atoms with Crippen LogP contribution in [0.5, 0.6) is 0 Å². The molecule has 3 rings (SSSR count). The number of amides is 2. The summed E-state index contributed by atoms with van der Waals surface area (Å²) < 4.78 is 0. The molecule has 7 nitrogen and oxygen atoms in total.